The lowest BCUT2D eigenvalue weighted by Gasteiger charge is -2.21. The van der Waals surface area contributed by atoms with E-state index in [2.05, 4.69) is 77.8 Å². The number of unbranched alkanes of at least 4 members (excludes halogenated alkanes) is 1. The van der Waals surface area contributed by atoms with Crippen molar-refractivity contribution in [3.8, 4) is 17.1 Å². The van der Waals surface area contributed by atoms with Gasteiger partial charge in [-0.3, -0.25) is 0 Å². The molecule has 2 heterocycles. The molecule has 2 N–H and O–H groups in total. The zero-order chi connectivity index (χ0) is 20.2. The van der Waals surface area contributed by atoms with Gasteiger partial charge in [-0.15, -0.1) is 0 Å². The molecule has 0 amide bonds. The van der Waals surface area contributed by atoms with Crippen LogP contribution in [0.1, 0.15) is 56.8 Å². The van der Waals surface area contributed by atoms with Crippen molar-refractivity contribution in [2.24, 2.45) is 0 Å². The van der Waals surface area contributed by atoms with E-state index in [4.69, 9.17) is 4.74 Å². The molecule has 0 bridgehead atoms. The van der Waals surface area contributed by atoms with Crippen molar-refractivity contribution in [1.82, 2.24) is 9.97 Å². The Kier molecular flexibility index (Phi) is 5.65. The fourth-order valence-electron chi connectivity index (χ4n) is 3.46. The number of aromatic nitrogens is 2. The van der Waals surface area contributed by atoms with Crippen LogP contribution < -0.4 is 15.4 Å². The Morgan fingerprint density at radius 1 is 1.00 bits per heavy atom. The van der Waals surface area contributed by atoms with Gasteiger partial charge < -0.3 is 15.4 Å². The summed E-state index contributed by atoms with van der Waals surface area (Å²) >= 11 is 0. The third-order valence-electron chi connectivity index (χ3n) is 5.23. The second-order valence-corrected chi connectivity index (χ2v) is 7.71. The summed E-state index contributed by atoms with van der Waals surface area (Å²) in [5.74, 6) is 1.29. The summed E-state index contributed by atoms with van der Waals surface area (Å²) in [6, 6.07) is 17.4. The van der Waals surface area contributed by atoms with E-state index in [1.54, 1.807) is 0 Å². The molecule has 0 aliphatic carbocycles. The third-order valence-corrected chi connectivity index (χ3v) is 5.23. The average molecular weight is 389 g/mol. The highest BCUT2D eigenvalue weighted by Crippen LogP contribution is 2.39. The Bertz CT molecular complexity index is 969. The molecule has 0 spiro atoms. The van der Waals surface area contributed by atoms with Crippen molar-refractivity contribution >= 4 is 11.5 Å². The molecular weight excluding hydrogens is 360 g/mol. The molecular formula is C24H28N4O. The van der Waals surface area contributed by atoms with Gasteiger partial charge in [0.25, 0.3) is 0 Å². The first-order valence-electron chi connectivity index (χ1n) is 10.4. The molecule has 0 saturated carbocycles. The summed E-state index contributed by atoms with van der Waals surface area (Å²) in [6.07, 6.45) is 3.82. The number of para-hydroxylation sites is 1. The van der Waals surface area contributed by atoms with Crippen LogP contribution in [0.2, 0.25) is 0 Å². The maximum absolute atomic E-state index is 5.74. The number of benzene rings is 2. The van der Waals surface area contributed by atoms with Crippen molar-refractivity contribution < 1.29 is 4.74 Å². The highest BCUT2D eigenvalue weighted by Gasteiger charge is 2.23. The van der Waals surface area contributed by atoms with E-state index in [0.717, 1.165) is 41.0 Å². The molecule has 2 aromatic carbocycles. The summed E-state index contributed by atoms with van der Waals surface area (Å²) in [4.78, 5) is 9.11. The Morgan fingerprint density at radius 3 is 2.55 bits per heavy atom. The van der Waals surface area contributed by atoms with Crippen molar-refractivity contribution in [2.45, 2.75) is 45.7 Å². The Hall–Kier alpha value is -3.08. The summed E-state index contributed by atoms with van der Waals surface area (Å²) in [5.41, 5.74) is 5.59. The van der Waals surface area contributed by atoms with Crippen LogP contribution in [0.15, 0.2) is 54.7 Å². The molecule has 1 aromatic heterocycles. The number of nitrogens with one attached hydrogen (secondary N) is 2. The molecule has 0 radical (unpaired) electrons. The molecule has 0 fully saturated rings. The van der Waals surface area contributed by atoms with Crippen LogP contribution in [0.3, 0.4) is 0 Å². The Morgan fingerprint density at radius 2 is 1.79 bits per heavy atom. The number of ether oxygens (including phenoxy) is 1. The van der Waals surface area contributed by atoms with Crippen molar-refractivity contribution in [1.29, 1.82) is 0 Å². The number of nitrogens with zero attached hydrogens (tertiary/aromatic N) is 2. The van der Waals surface area contributed by atoms with Crippen LogP contribution in [-0.4, -0.2) is 16.6 Å². The van der Waals surface area contributed by atoms with Crippen LogP contribution >= 0.6 is 0 Å². The minimum absolute atomic E-state index is 0.1000. The highest BCUT2D eigenvalue weighted by molar-refractivity contribution is 5.86. The summed E-state index contributed by atoms with van der Waals surface area (Å²) in [5, 5.41) is 7.18. The Balaban J connectivity index is 1.70. The van der Waals surface area contributed by atoms with Gasteiger partial charge in [0, 0.05) is 23.0 Å². The molecule has 4 rings (SSSR count). The van der Waals surface area contributed by atoms with Gasteiger partial charge in [0.05, 0.1) is 6.61 Å². The summed E-state index contributed by atoms with van der Waals surface area (Å²) in [6.45, 7) is 7.19. The first-order chi connectivity index (χ1) is 14.2. The smallest absolute Gasteiger partial charge is 0.318 e. The van der Waals surface area contributed by atoms with E-state index in [0.29, 0.717) is 18.5 Å². The number of fused-ring (bicyclic) bond motifs is 3. The quantitative estimate of drug-likeness (QED) is 0.509. The normalized spacial score (nSPS) is 15.0. The zero-order valence-corrected chi connectivity index (χ0v) is 17.3. The second-order valence-electron chi connectivity index (χ2n) is 7.71. The van der Waals surface area contributed by atoms with E-state index < -0.39 is 0 Å². The molecule has 5 nitrogen and oxygen atoms in total. The topological polar surface area (TPSA) is 59.1 Å². The standard InChI is InChI=1S/C24H28N4O/c1-4-5-14-29-24-25-15-20-19-8-6-7-9-21(19)26-22(27-23(20)28-24)18-12-10-17(11-13-18)16(2)3/h6-13,15-16,22,26H,4-5,14H2,1-3H3,(H,25,27,28). The molecule has 1 aliphatic heterocycles. The van der Waals surface area contributed by atoms with Crippen molar-refractivity contribution in [2.75, 3.05) is 17.2 Å². The minimum Gasteiger partial charge on any atom is -0.463 e. The van der Waals surface area contributed by atoms with E-state index in [9.17, 15) is 0 Å². The predicted molar refractivity (Wildman–Crippen MR) is 118 cm³/mol. The molecule has 29 heavy (non-hydrogen) atoms. The van der Waals surface area contributed by atoms with Crippen LogP contribution in [0.4, 0.5) is 11.5 Å². The van der Waals surface area contributed by atoms with Crippen LogP contribution in [0, 0.1) is 0 Å². The number of hydrogen-bond acceptors (Lipinski definition) is 5. The SMILES string of the molecule is CCCCOc1ncc2c(n1)NC(c1ccc(C(C)C)cc1)Nc1ccccc1-2. The molecule has 150 valence electrons. The fraction of sp³-hybridized carbons (Fsp3) is 0.333. The molecule has 1 atom stereocenters. The van der Waals surface area contributed by atoms with E-state index in [1.165, 1.54) is 5.56 Å². The summed E-state index contributed by atoms with van der Waals surface area (Å²) in [7, 11) is 0. The maximum atomic E-state index is 5.74. The third kappa shape index (κ3) is 4.19. The van der Waals surface area contributed by atoms with Gasteiger partial charge >= 0.3 is 6.01 Å². The number of anilines is 2. The van der Waals surface area contributed by atoms with E-state index in [-0.39, 0.29) is 6.17 Å². The first kappa shape index (κ1) is 19.2. The van der Waals surface area contributed by atoms with Gasteiger partial charge in [-0.25, -0.2) is 4.98 Å². The van der Waals surface area contributed by atoms with E-state index in [1.807, 2.05) is 18.3 Å². The second kappa shape index (κ2) is 8.52. The molecule has 0 saturated heterocycles. The highest BCUT2D eigenvalue weighted by atomic mass is 16.5. The van der Waals surface area contributed by atoms with Crippen molar-refractivity contribution in [3.63, 3.8) is 0 Å². The molecule has 1 unspecified atom stereocenters. The number of rotatable bonds is 6. The maximum Gasteiger partial charge on any atom is 0.318 e. The number of hydrogen-bond donors (Lipinski definition) is 2. The first-order valence-corrected chi connectivity index (χ1v) is 10.4. The van der Waals surface area contributed by atoms with Crippen LogP contribution in [0.5, 0.6) is 6.01 Å². The molecule has 1 aliphatic rings. The van der Waals surface area contributed by atoms with Gasteiger partial charge in [-0.1, -0.05) is 69.7 Å². The monoisotopic (exact) mass is 388 g/mol. The van der Waals surface area contributed by atoms with Crippen molar-refractivity contribution in [3.05, 3.63) is 65.9 Å². The average Bonchev–Trinajstić information content (AvgIpc) is 2.90. The molecule has 3 aromatic rings. The molecule has 5 heteroatoms. The fourth-order valence-corrected chi connectivity index (χ4v) is 3.46. The largest absolute Gasteiger partial charge is 0.463 e. The van der Waals surface area contributed by atoms with E-state index >= 15 is 0 Å². The Labute approximate surface area is 172 Å². The lowest BCUT2D eigenvalue weighted by atomic mass is 10.0. The lowest BCUT2D eigenvalue weighted by molar-refractivity contribution is 0.286. The van der Waals surface area contributed by atoms with Gasteiger partial charge in [-0.2, -0.15) is 4.98 Å². The van der Waals surface area contributed by atoms with Gasteiger partial charge in [0.2, 0.25) is 0 Å². The van der Waals surface area contributed by atoms with Crippen LogP contribution in [-0.2, 0) is 0 Å². The zero-order valence-electron chi connectivity index (χ0n) is 17.3. The lowest BCUT2D eigenvalue weighted by Crippen LogP contribution is -2.19. The predicted octanol–water partition coefficient (Wildman–Crippen LogP) is 5.98. The van der Waals surface area contributed by atoms with Crippen LogP contribution in [0.25, 0.3) is 11.1 Å². The van der Waals surface area contributed by atoms with Gasteiger partial charge in [0.15, 0.2) is 0 Å². The minimum atomic E-state index is -0.1000. The van der Waals surface area contributed by atoms with Gasteiger partial charge in [-0.05, 0) is 29.5 Å². The summed E-state index contributed by atoms with van der Waals surface area (Å²) < 4.78 is 5.74. The van der Waals surface area contributed by atoms with Gasteiger partial charge in [0.1, 0.15) is 12.0 Å².